The lowest BCUT2D eigenvalue weighted by Crippen LogP contribution is -2.14. The monoisotopic (exact) mass is 388 g/mol. The third-order valence-electron chi connectivity index (χ3n) is 3.64. The molecule has 2 aromatic rings. The van der Waals surface area contributed by atoms with Crippen molar-refractivity contribution in [3.8, 4) is 11.5 Å². The number of rotatable bonds is 10. The lowest BCUT2D eigenvalue weighted by atomic mass is 10.1. The third-order valence-corrected chi connectivity index (χ3v) is 3.64. The zero-order valence-electron chi connectivity index (χ0n) is 15.2. The molecule has 0 saturated heterocycles. The number of carboxylic acids is 1. The highest BCUT2D eigenvalue weighted by molar-refractivity contribution is 6.07. The van der Waals surface area contributed by atoms with E-state index in [2.05, 4.69) is 5.32 Å². The number of carbonyl (C=O) groups is 2. The number of carbonyl (C=O) groups excluding carboxylic acids is 1. The van der Waals surface area contributed by atoms with Gasteiger partial charge in [-0.3, -0.25) is 19.7 Å². The molecule has 2 rings (SSSR count). The molecule has 0 aliphatic rings. The van der Waals surface area contributed by atoms with Crippen molar-refractivity contribution in [1.82, 2.24) is 0 Å². The van der Waals surface area contributed by atoms with Gasteiger partial charge in [-0.25, -0.2) is 0 Å². The summed E-state index contributed by atoms with van der Waals surface area (Å²) in [5.74, 6) is -0.636. The second-order valence-corrected chi connectivity index (χ2v) is 5.69. The predicted molar refractivity (Wildman–Crippen MR) is 101 cm³/mol. The quantitative estimate of drug-likeness (QED) is 0.362. The maximum absolute atomic E-state index is 12.5. The molecular weight excluding hydrogens is 368 g/mol. The number of aliphatic carboxylic acids is 1. The Morgan fingerprint density at radius 1 is 1.11 bits per heavy atom. The first kappa shape index (κ1) is 20.7. The van der Waals surface area contributed by atoms with Crippen LogP contribution in [0.5, 0.6) is 11.5 Å². The van der Waals surface area contributed by atoms with Gasteiger partial charge in [0.05, 0.1) is 18.1 Å². The van der Waals surface area contributed by atoms with Gasteiger partial charge in [-0.1, -0.05) is 0 Å². The number of nitro groups is 1. The lowest BCUT2D eigenvalue weighted by Gasteiger charge is -2.09. The summed E-state index contributed by atoms with van der Waals surface area (Å²) in [6, 6.07) is 10.4. The smallest absolute Gasteiger partial charge is 0.303 e. The van der Waals surface area contributed by atoms with Crippen molar-refractivity contribution in [3.63, 3.8) is 0 Å². The Morgan fingerprint density at radius 3 is 2.39 bits per heavy atom. The minimum atomic E-state index is -0.885. The van der Waals surface area contributed by atoms with Crippen molar-refractivity contribution in [2.45, 2.75) is 19.8 Å². The first-order chi connectivity index (χ1) is 13.4. The highest BCUT2D eigenvalue weighted by atomic mass is 16.6. The summed E-state index contributed by atoms with van der Waals surface area (Å²) in [6.45, 7) is 2.40. The Hall–Kier alpha value is -3.62. The standard InChI is InChI=1S/C19H20N2O7/c1-2-27-15-9-10-17(21(25)26)16(12-15)19(24)20-13-5-7-14(8-6-13)28-11-3-4-18(22)23/h5-10,12H,2-4,11H2,1H3,(H,20,24)(H,22,23). The van der Waals surface area contributed by atoms with E-state index < -0.39 is 16.8 Å². The van der Waals surface area contributed by atoms with Crippen LogP contribution in [0.4, 0.5) is 11.4 Å². The van der Waals surface area contributed by atoms with Gasteiger partial charge >= 0.3 is 5.97 Å². The molecule has 0 heterocycles. The minimum absolute atomic E-state index is 0.0216. The molecular formula is C19H20N2O7. The van der Waals surface area contributed by atoms with Gasteiger partial charge in [0.1, 0.15) is 17.1 Å². The highest BCUT2D eigenvalue weighted by Crippen LogP contribution is 2.25. The first-order valence-corrected chi connectivity index (χ1v) is 8.58. The average molecular weight is 388 g/mol. The number of anilines is 1. The van der Waals surface area contributed by atoms with Gasteiger partial charge in [0, 0.05) is 18.2 Å². The molecule has 0 radical (unpaired) electrons. The molecule has 9 nitrogen and oxygen atoms in total. The van der Waals surface area contributed by atoms with E-state index in [0.29, 0.717) is 30.2 Å². The van der Waals surface area contributed by atoms with Crippen molar-refractivity contribution < 1.29 is 29.1 Å². The minimum Gasteiger partial charge on any atom is -0.494 e. The van der Waals surface area contributed by atoms with Crippen LogP contribution in [0.1, 0.15) is 30.1 Å². The predicted octanol–water partition coefficient (Wildman–Crippen LogP) is 3.49. The average Bonchev–Trinajstić information content (AvgIpc) is 2.66. The van der Waals surface area contributed by atoms with Crippen LogP contribution in [0.25, 0.3) is 0 Å². The Balaban J connectivity index is 2.05. The van der Waals surface area contributed by atoms with E-state index in [1.165, 1.54) is 18.2 Å². The van der Waals surface area contributed by atoms with Gasteiger partial charge in [0.2, 0.25) is 0 Å². The number of nitrogens with zero attached hydrogens (tertiary/aromatic N) is 1. The van der Waals surface area contributed by atoms with Gasteiger partial charge in [-0.15, -0.1) is 0 Å². The van der Waals surface area contributed by atoms with Crippen LogP contribution >= 0.6 is 0 Å². The van der Waals surface area contributed by atoms with Crippen molar-refractivity contribution in [2.24, 2.45) is 0 Å². The Labute approximate surface area is 161 Å². The molecule has 0 fully saturated rings. The SMILES string of the molecule is CCOc1ccc([N+](=O)[O-])c(C(=O)Nc2ccc(OCCCC(=O)O)cc2)c1. The molecule has 0 aliphatic heterocycles. The van der Waals surface area contributed by atoms with Crippen LogP contribution in [-0.4, -0.2) is 35.1 Å². The Bertz CT molecular complexity index is 850. The van der Waals surface area contributed by atoms with Crippen molar-refractivity contribution >= 4 is 23.3 Å². The summed E-state index contributed by atoms with van der Waals surface area (Å²) in [4.78, 5) is 33.5. The molecule has 0 bridgehead atoms. The summed E-state index contributed by atoms with van der Waals surface area (Å²) >= 11 is 0. The van der Waals surface area contributed by atoms with Gasteiger partial charge in [0.25, 0.3) is 11.6 Å². The topological polar surface area (TPSA) is 128 Å². The van der Waals surface area contributed by atoms with Crippen LogP contribution < -0.4 is 14.8 Å². The van der Waals surface area contributed by atoms with E-state index >= 15 is 0 Å². The van der Waals surface area contributed by atoms with Crippen molar-refractivity contribution in [3.05, 3.63) is 58.1 Å². The molecule has 0 spiro atoms. The van der Waals surface area contributed by atoms with Crippen molar-refractivity contribution in [1.29, 1.82) is 0 Å². The van der Waals surface area contributed by atoms with E-state index in [-0.39, 0.29) is 24.3 Å². The molecule has 9 heteroatoms. The molecule has 1 amide bonds. The van der Waals surface area contributed by atoms with Gasteiger partial charge in [0.15, 0.2) is 0 Å². The molecule has 0 atom stereocenters. The zero-order chi connectivity index (χ0) is 20.5. The molecule has 2 aromatic carbocycles. The van der Waals surface area contributed by atoms with Gasteiger partial charge in [-0.05, 0) is 49.7 Å². The number of nitrogens with one attached hydrogen (secondary N) is 1. The molecule has 0 saturated carbocycles. The third kappa shape index (κ3) is 5.97. The summed E-state index contributed by atoms with van der Waals surface area (Å²) in [6.07, 6.45) is 0.404. The number of benzene rings is 2. The largest absolute Gasteiger partial charge is 0.494 e. The molecule has 0 aliphatic carbocycles. The number of nitro benzene ring substituents is 1. The summed E-state index contributed by atoms with van der Waals surface area (Å²) in [5, 5.41) is 22.4. The molecule has 28 heavy (non-hydrogen) atoms. The molecule has 148 valence electrons. The zero-order valence-corrected chi connectivity index (χ0v) is 15.2. The molecule has 0 aromatic heterocycles. The lowest BCUT2D eigenvalue weighted by molar-refractivity contribution is -0.385. The van der Waals surface area contributed by atoms with E-state index in [1.807, 2.05) is 0 Å². The number of ether oxygens (including phenoxy) is 2. The molecule has 0 unspecified atom stereocenters. The van der Waals surface area contributed by atoms with Crippen LogP contribution in [0.15, 0.2) is 42.5 Å². The number of carboxylic acid groups (broad SMARTS) is 1. The van der Waals surface area contributed by atoms with E-state index in [4.69, 9.17) is 14.6 Å². The van der Waals surface area contributed by atoms with E-state index in [9.17, 15) is 19.7 Å². The fraction of sp³-hybridized carbons (Fsp3) is 0.263. The second-order valence-electron chi connectivity index (χ2n) is 5.69. The maximum Gasteiger partial charge on any atom is 0.303 e. The van der Waals surface area contributed by atoms with Crippen molar-refractivity contribution in [2.75, 3.05) is 18.5 Å². The highest BCUT2D eigenvalue weighted by Gasteiger charge is 2.21. The Kier molecular flexibility index (Phi) is 7.32. The Morgan fingerprint density at radius 2 is 1.79 bits per heavy atom. The summed E-state index contributed by atoms with van der Waals surface area (Å²) in [7, 11) is 0. The summed E-state index contributed by atoms with van der Waals surface area (Å²) in [5.41, 5.74) is 0.00304. The number of hydrogen-bond donors (Lipinski definition) is 2. The van der Waals surface area contributed by atoms with Crippen LogP contribution in [0.3, 0.4) is 0 Å². The maximum atomic E-state index is 12.5. The van der Waals surface area contributed by atoms with E-state index in [1.54, 1.807) is 31.2 Å². The normalized spacial score (nSPS) is 10.2. The van der Waals surface area contributed by atoms with Crippen LogP contribution in [0, 0.1) is 10.1 Å². The fourth-order valence-electron chi connectivity index (χ4n) is 2.36. The van der Waals surface area contributed by atoms with Crippen LogP contribution in [0.2, 0.25) is 0 Å². The fourth-order valence-corrected chi connectivity index (χ4v) is 2.36. The summed E-state index contributed by atoms with van der Waals surface area (Å²) < 4.78 is 10.7. The number of amides is 1. The first-order valence-electron chi connectivity index (χ1n) is 8.58. The van der Waals surface area contributed by atoms with Crippen LogP contribution in [-0.2, 0) is 4.79 Å². The second kappa shape index (κ2) is 9.91. The number of hydrogen-bond acceptors (Lipinski definition) is 6. The molecule has 2 N–H and O–H groups in total. The van der Waals surface area contributed by atoms with Gasteiger partial charge < -0.3 is 19.9 Å². The van der Waals surface area contributed by atoms with E-state index in [0.717, 1.165) is 0 Å². The van der Waals surface area contributed by atoms with Gasteiger partial charge in [-0.2, -0.15) is 0 Å².